The van der Waals surface area contributed by atoms with Gasteiger partial charge in [0.15, 0.2) is 27.2 Å². The first-order valence-electron chi connectivity index (χ1n) is 14.7. The molecular weight excluding hydrogens is 630 g/mol. The smallest absolute Gasteiger partial charge is 0.296 e. The fourth-order valence-electron chi connectivity index (χ4n) is 5.22. The minimum atomic E-state index is -1.06. The summed E-state index contributed by atoms with van der Waals surface area (Å²) in [7, 11) is 1.50. The number of carbonyl (C=O) groups is 2. The molecule has 1 aliphatic heterocycles. The van der Waals surface area contributed by atoms with E-state index in [-0.39, 0.29) is 22.3 Å². The molecule has 1 N–H and O–H groups in total. The standard InChI is InChI=1S/C34H30FN3O6S2/c1-3-4-7-16-43-23-13-8-11-20(17-23)28-27(29(39)26-18-21-12-9-15-25(42-2)31(21)44-26)30(40)32(41)38(28)33-36-37-34(46-33)45-19-22-10-5-6-14-24(22)35/h5-6,8-15,17-18,28,40H,3-4,7,16,19H2,1-2H3. The van der Waals surface area contributed by atoms with Gasteiger partial charge < -0.3 is 19.0 Å². The van der Waals surface area contributed by atoms with Crippen LogP contribution in [0.4, 0.5) is 9.52 Å². The molecule has 1 atom stereocenters. The summed E-state index contributed by atoms with van der Waals surface area (Å²) in [6.45, 7) is 2.62. The van der Waals surface area contributed by atoms with Gasteiger partial charge in [-0.2, -0.15) is 0 Å². The lowest BCUT2D eigenvalue weighted by atomic mass is 9.95. The number of methoxy groups -OCH3 is 1. The van der Waals surface area contributed by atoms with Crippen molar-refractivity contribution < 1.29 is 33.0 Å². The Hall–Kier alpha value is -4.68. The first-order chi connectivity index (χ1) is 22.4. The summed E-state index contributed by atoms with van der Waals surface area (Å²) < 4.78 is 32.0. The van der Waals surface area contributed by atoms with Crippen LogP contribution in [0, 0.1) is 5.82 Å². The number of Topliss-reactive ketones (excluding diaryl/α,β-unsaturated/α-hetero) is 1. The number of thioether (sulfide) groups is 1. The quantitative estimate of drug-likeness (QED) is 0.0580. The molecule has 9 nitrogen and oxygen atoms in total. The number of benzene rings is 3. The van der Waals surface area contributed by atoms with Crippen molar-refractivity contribution in [2.75, 3.05) is 18.6 Å². The Balaban J connectivity index is 1.37. The lowest BCUT2D eigenvalue weighted by molar-refractivity contribution is -0.117. The fraction of sp³-hybridized carbons (Fsp3) is 0.235. The van der Waals surface area contributed by atoms with Crippen LogP contribution in [0.25, 0.3) is 11.0 Å². The predicted molar refractivity (Wildman–Crippen MR) is 174 cm³/mol. The first-order valence-corrected chi connectivity index (χ1v) is 16.5. The van der Waals surface area contributed by atoms with Gasteiger partial charge in [-0.05, 0) is 47.9 Å². The van der Waals surface area contributed by atoms with E-state index in [1.54, 1.807) is 66.7 Å². The third-order valence-electron chi connectivity index (χ3n) is 7.51. The Morgan fingerprint density at radius 3 is 2.72 bits per heavy atom. The Morgan fingerprint density at radius 1 is 1.09 bits per heavy atom. The van der Waals surface area contributed by atoms with E-state index in [0.29, 0.717) is 50.3 Å². The summed E-state index contributed by atoms with van der Waals surface area (Å²) in [5.74, 6) is -1.27. The van der Waals surface area contributed by atoms with Gasteiger partial charge in [-0.1, -0.05) is 85.3 Å². The lowest BCUT2D eigenvalue weighted by Crippen LogP contribution is -2.31. The van der Waals surface area contributed by atoms with E-state index in [4.69, 9.17) is 13.9 Å². The number of aliphatic hydroxyl groups excluding tert-OH is 1. The number of hydrogen-bond donors (Lipinski definition) is 1. The van der Waals surface area contributed by atoms with Gasteiger partial charge in [0, 0.05) is 11.1 Å². The minimum absolute atomic E-state index is 0.0638. The molecule has 6 rings (SSSR count). The van der Waals surface area contributed by atoms with Gasteiger partial charge in [0.2, 0.25) is 10.9 Å². The number of aromatic nitrogens is 2. The van der Waals surface area contributed by atoms with Crippen LogP contribution in [0.1, 0.15) is 53.9 Å². The van der Waals surface area contributed by atoms with Gasteiger partial charge >= 0.3 is 0 Å². The topological polar surface area (TPSA) is 115 Å². The SMILES string of the molecule is CCCCCOc1cccc(C2C(C(=O)c3cc4cccc(OC)c4o3)=C(O)C(=O)N2c2nnc(SCc3ccccc3F)s2)c1. The number of halogens is 1. The maximum absolute atomic E-state index is 14.2. The highest BCUT2D eigenvalue weighted by atomic mass is 32.2. The molecule has 5 aromatic rings. The second-order valence-corrected chi connectivity index (χ2v) is 12.7. The number of ketones is 1. The number of furan rings is 1. The van der Waals surface area contributed by atoms with E-state index in [1.807, 2.05) is 0 Å². The van der Waals surface area contributed by atoms with Crippen LogP contribution >= 0.6 is 23.1 Å². The molecule has 236 valence electrons. The largest absolute Gasteiger partial charge is 0.503 e. The molecule has 0 aliphatic carbocycles. The van der Waals surface area contributed by atoms with Crippen LogP contribution in [-0.4, -0.2) is 40.7 Å². The Morgan fingerprint density at radius 2 is 1.91 bits per heavy atom. The first kappa shape index (κ1) is 31.3. The van der Waals surface area contributed by atoms with E-state index in [9.17, 15) is 19.1 Å². The highest BCUT2D eigenvalue weighted by molar-refractivity contribution is 8.00. The maximum atomic E-state index is 14.2. The molecule has 3 aromatic carbocycles. The van der Waals surface area contributed by atoms with E-state index in [2.05, 4.69) is 17.1 Å². The monoisotopic (exact) mass is 659 g/mol. The van der Waals surface area contributed by atoms with Crippen LogP contribution in [0.15, 0.2) is 92.9 Å². The number of amides is 1. The Kier molecular flexibility index (Phi) is 9.36. The highest BCUT2D eigenvalue weighted by Crippen LogP contribution is 2.45. The summed E-state index contributed by atoms with van der Waals surface area (Å²) in [4.78, 5) is 29.1. The van der Waals surface area contributed by atoms with Crippen molar-refractivity contribution in [2.45, 2.75) is 42.3 Å². The fourth-order valence-corrected chi connectivity index (χ4v) is 7.08. The molecule has 0 spiro atoms. The number of carbonyl (C=O) groups excluding carboxylic acids is 2. The average Bonchev–Trinajstić information content (AvgIpc) is 3.79. The van der Waals surface area contributed by atoms with Crippen molar-refractivity contribution in [1.29, 1.82) is 0 Å². The van der Waals surface area contributed by atoms with Crippen LogP contribution in [0.5, 0.6) is 11.5 Å². The summed E-state index contributed by atoms with van der Waals surface area (Å²) in [6, 6.07) is 19.3. The van der Waals surface area contributed by atoms with Crippen LogP contribution in [-0.2, 0) is 10.5 Å². The van der Waals surface area contributed by atoms with Crippen molar-refractivity contribution in [3.63, 3.8) is 0 Å². The van der Waals surface area contributed by atoms with Gasteiger partial charge in [0.25, 0.3) is 5.91 Å². The third kappa shape index (κ3) is 6.22. The molecule has 12 heteroatoms. The molecule has 0 saturated heterocycles. The normalized spacial score (nSPS) is 14.8. The third-order valence-corrected chi connectivity index (χ3v) is 9.61. The number of ether oxygens (including phenoxy) is 2. The number of rotatable bonds is 13. The number of aliphatic hydroxyl groups is 1. The molecule has 2 aromatic heterocycles. The molecule has 1 amide bonds. The van der Waals surface area contributed by atoms with Crippen molar-refractivity contribution >= 4 is 50.9 Å². The van der Waals surface area contributed by atoms with Crippen molar-refractivity contribution in [1.82, 2.24) is 10.2 Å². The summed E-state index contributed by atoms with van der Waals surface area (Å²) in [5, 5.41) is 20.5. The molecular formula is C34H30FN3O6S2. The molecule has 0 bridgehead atoms. The second-order valence-electron chi connectivity index (χ2n) is 10.5. The number of hydrogen-bond acceptors (Lipinski definition) is 10. The van der Waals surface area contributed by atoms with E-state index in [1.165, 1.54) is 29.8 Å². The van der Waals surface area contributed by atoms with Gasteiger partial charge in [-0.25, -0.2) is 4.39 Å². The van der Waals surface area contributed by atoms with E-state index in [0.717, 1.165) is 30.6 Å². The van der Waals surface area contributed by atoms with Gasteiger partial charge in [-0.3, -0.25) is 14.5 Å². The predicted octanol–water partition coefficient (Wildman–Crippen LogP) is 8.08. The molecule has 0 fully saturated rings. The number of nitrogens with zero attached hydrogens (tertiary/aromatic N) is 3. The zero-order chi connectivity index (χ0) is 32.2. The zero-order valence-electron chi connectivity index (χ0n) is 25.1. The molecule has 3 heterocycles. The van der Waals surface area contributed by atoms with Gasteiger partial charge in [0.05, 0.1) is 25.3 Å². The molecule has 46 heavy (non-hydrogen) atoms. The number of fused-ring (bicyclic) bond motifs is 1. The van der Waals surface area contributed by atoms with Crippen LogP contribution < -0.4 is 14.4 Å². The van der Waals surface area contributed by atoms with E-state index >= 15 is 0 Å². The maximum Gasteiger partial charge on any atom is 0.296 e. The van der Waals surface area contributed by atoms with Crippen molar-refractivity contribution in [3.8, 4) is 11.5 Å². The van der Waals surface area contributed by atoms with Crippen molar-refractivity contribution in [2.24, 2.45) is 0 Å². The van der Waals surface area contributed by atoms with Gasteiger partial charge in [0.1, 0.15) is 11.6 Å². The van der Waals surface area contributed by atoms with Crippen LogP contribution in [0.3, 0.4) is 0 Å². The van der Waals surface area contributed by atoms with Crippen LogP contribution in [0.2, 0.25) is 0 Å². The molecule has 0 radical (unpaired) electrons. The van der Waals surface area contributed by atoms with Gasteiger partial charge in [-0.15, -0.1) is 10.2 Å². The second kappa shape index (κ2) is 13.8. The highest BCUT2D eigenvalue weighted by Gasteiger charge is 2.47. The summed E-state index contributed by atoms with van der Waals surface area (Å²) in [6.07, 6.45) is 2.96. The average molecular weight is 660 g/mol. The Bertz CT molecular complexity index is 1940. The number of anilines is 1. The lowest BCUT2D eigenvalue weighted by Gasteiger charge is -2.24. The number of unbranched alkanes of at least 4 members (excludes halogenated alkanes) is 2. The minimum Gasteiger partial charge on any atom is -0.503 e. The molecule has 0 saturated carbocycles. The summed E-state index contributed by atoms with van der Waals surface area (Å²) >= 11 is 2.37. The molecule has 1 unspecified atom stereocenters. The molecule has 1 aliphatic rings. The van der Waals surface area contributed by atoms with Crippen molar-refractivity contribution in [3.05, 3.63) is 107 Å². The number of para-hydroxylation sites is 1. The Labute approximate surface area is 272 Å². The zero-order valence-corrected chi connectivity index (χ0v) is 26.7. The summed E-state index contributed by atoms with van der Waals surface area (Å²) in [5.41, 5.74) is 1.24. The van der Waals surface area contributed by atoms with E-state index < -0.39 is 23.5 Å².